The summed E-state index contributed by atoms with van der Waals surface area (Å²) in [7, 11) is 0. The summed E-state index contributed by atoms with van der Waals surface area (Å²) in [6.07, 6.45) is 0.804. The van der Waals surface area contributed by atoms with E-state index in [0.29, 0.717) is 30.5 Å². The molecule has 0 aliphatic heterocycles. The van der Waals surface area contributed by atoms with E-state index in [9.17, 15) is 0 Å². The van der Waals surface area contributed by atoms with Gasteiger partial charge in [0.05, 0.1) is 17.7 Å². The number of nitrogens with two attached hydrogens (primary N) is 1. The molecule has 0 heterocycles. The highest BCUT2D eigenvalue weighted by atomic mass is 79.9. The first-order valence-electron chi connectivity index (χ1n) is 5.57. The van der Waals surface area contributed by atoms with Gasteiger partial charge in [0.15, 0.2) is 0 Å². The highest BCUT2D eigenvalue weighted by Crippen LogP contribution is 2.28. The van der Waals surface area contributed by atoms with Gasteiger partial charge in [0.1, 0.15) is 5.75 Å². The van der Waals surface area contributed by atoms with Crippen molar-refractivity contribution in [3.8, 4) is 5.75 Å². The van der Waals surface area contributed by atoms with Crippen LogP contribution in [-0.2, 0) is 4.74 Å². The van der Waals surface area contributed by atoms with Crippen LogP contribution >= 0.6 is 27.5 Å². The van der Waals surface area contributed by atoms with Crippen molar-refractivity contribution in [3.63, 3.8) is 0 Å². The minimum Gasteiger partial charge on any atom is -0.492 e. The number of hydrogen-bond acceptors (Lipinski definition) is 3. The first kappa shape index (κ1) is 14.8. The van der Waals surface area contributed by atoms with Crippen molar-refractivity contribution >= 4 is 27.5 Å². The van der Waals surface area contributed by atoms with Gasteiger partial charge in [-0.05, 0) is 25.1 Å². The molecule has 5 heteroatoms. The highest BCUT2D eigenvalue weighted by Gasteiger charge is 2.07. The predicted molar refractivity (Wildman–Crippen MR) is 73.7 cm³/mol. The van der Waals surface area contributed by atoms with Crippen molar-refractivity contribution in [2.45, 2.75) is 19.4 Å². The van der Waals surface area contributed by atoms with Crippen molar-refractivity contribution < 1.29 is 9.47 Å². The monoisotopic (exact) mass is 321 g/mol. The Labute approximate surface area is 115 Å². The van der Waals surface area contributed by atoms with E-state index >= 15 is 0 Å². The molecule has 0 aliphatic carbocycles. The lowest BCUT2D eigenvalue weighted by Crippen LogP contribution is -2.25. The van der Waals surface area contributed by atoms with E-state index in [1.807, 2.05) is 19.1 Å². The van der Waals surface area contributed by atoms with Crippen molar-refractivity contribution in [2.75, 3.05) is 19.8 Å². The second-order valence-electron chi connectivity index (χ2n) is 3.52. The number of halogens is 2. The van der Waals surface area contributed by atoms with Crippen LogP contribution in [0.3, 0.4) is 0 Å². The maximum atomic E-state index is 6.00. The first-order valence-corrected chi connectivity index (χ1v) is 6.74. The molecule has 0 amide bonds. The second-order valence-corrected chi connectivity index (χ2v) is 4.85. The van der Waals surface area contributed by atoms with Gasteiger partial charge >= 0.3 is 0 Å². The predicted octanol–water partition coefficient (Wildman–Crippen LogP) is 3.24. The fourth-order valence-electron chi connectivity index (χ4n) is 1.39. The highest BCUT2D eigenvalue weighted by molar-refractivity contribution is 9.10. The molecule has 0 saturated heterocycles. The summed E-state index contributed by atoms with van der Waals surface area (Å²) in [5.74, 6) is 0.674. The van der Waals surface area contributed by atoms with E-state index in [-0.39, 0.29) is 6.10 Å². The van der Waals surface area contributed by atoms with Crippen LogP contribution in [0.2, 0.25) is 5.02 Å². The van der Waals surface area contributed by atoms with Gasteiger partial charge in [0.25, 0.3) is 0 Å². The van der Waals surface area contributed by atoms with E-state index in [2.05, 4.69) is 15.9 Å². The summed E-state index contributed by atoms with van der Waals surface area (Å²) in [4.78, 5) is 0. The van der Waals surface area contributed by atoms with Gasteiger partial charge < -0.3 is 15.2 Å². The quantitative estimate of drug-likeness (QED) is 0.838. The van der Waals surface area contributed by atoms with Gasteiger partial charge in [0, 0.05) is 24.0 Å². The lowest BCUT2D eigenvalue weighted by atomic mass is 10.2. The van der Waals surface area contributed by atoms with Gasteiger partial charge in [0.2, 0.25) is 0 Å². The lowest BCUT2D eigenvalue weighted by molar-refractivity contribution is 0.0527. The van der Waals surface area contributed by atoms with Crippen LogP contribution in [0.4, 0.5) is 0 Å². The van der Waals surface area contributed by atoms with Gasteiger partial charge in [-0.15, -0.1) is 0 Å². The van der Waals surface area contributed by atoms with Crippen LogP contribution in [0.15, 0.2) is 22.7 Å². The zero-order valence-electron chi connectivity index (χ0n) is 9.79. The van der Waals surface area contributed by atoms with E-state index in [1.165, 1.54) is 0 Å². The Balaban J connectivity index is 2.42. The minimum atomic E-state index is 0.0472. The number of benzene rings is 1. The van der Waals surface area contributed by atoms with Crippen LogP contribution in [-0.4, -0.2) is 25.9 Å². The molecule has 17 heavy (non-hydrogen) atoms. The Kier molecular flexibility index (Phi) is 6.89. The van der Waals surface area contributed by atoms with Gasteiger partial charge in [-0.3, -0.25) is 0 Å². The van der Waals surface area contributed by atoms with Crippen molar-refractivity contribution in [3.05, 3.63) is 27.7 Å². The molecule has 96 valence electrons. The van der Waals surface area contributed by atoms with Crippen LogP contribution in [0.1, 0.15) is 13.3 Å². The first-order chi connectivity index (χ1) is 8.17. The van der Waals surface area contributed by atoms with Gasteiger partial charge in [-0.25, -0.2) is 0 Å². The maximum absolute atomic E-state index is 6.00. The molecule has 1 aromatic carbocycles. The summed E-state index contributed by atoms with van der Waals surface area (Å²) in [5.41, 5.74) is 5.58. The molecule has 0 aliphatic rings. The molecular weight excluding hydrogens is 305 g/mol. The molecule has 1 aromatic rings. The fraction of sp³-hybridized carbons (Fsp3) is 0.500. The fourth-order valence-corrected chi connectivity index (χ4v) is 1.91. The SMILES string of the molecule is CCOC(CN)CCOc1cc(Br)ccc1Cl. The van der Waals surface area contributed by atoms with Crippen LogP contribution in [0.25, 0.3) is 0 Å². The molecule has 0 bridgehead atoms. The Morgan fingerprint density at radius 2 is 2.24 bits per heavy atom. The Morgan fingerprint density at radius 3 is 2.88 bits per heavy atom. The number of ether oxygens (including phenoxy) is 2. The molecule has 0 saturated carbocycles. The third-order valence-electron chi connectivity index (χ3n) is 2.26. The molecule has 3 nitrogen and oxygen atoms in total. The molecule has 1 rings (SSSR count). The van der Waals surface area contributed by atoms with E-state index < -0.39 is 0 Å². The van der Waals surface area contributed by atoms with Crippen molar-refractivity contribution in [2.24, 2.45) is 5.73 Å². The van der Waals surface area contributed by atoms with E-state index in [1.54, 1.807) is 6.07 Å². The summed E-state index contributed by atoms with van der Waals surface area (Å²) in [6.45, 7) is 3.66. The zero-order valence-corrected chi connectivity index (χ0v) is 12.1. The lowest BCUT2D eigenvalue weighted by Gasteiger charge is -2.15. The van der Waals surface area contributed by atoms with Gasteiger partial charge in [-0.2, -0.15) is 0 Å². The van der Waals surface area contributed by atoms with E-state index in [4.69, 9.17) is 26.8 Å². The topological polar surface area (TPSA) is 44.5 Å². The Bertz CT molecular complexity index is 349. The Hall–Kier alpha value is -0.290. The van der Waals surface area contributed by atoms with Crippen molar-refractivity contribution in [1.82, 2.24) is 0 Å². The summed E-state index contributed by atoms with van der Waals surface area (Å²) < 4.78 is 12.0. The molecule has 1 unspecified atom stereocenters. The largest absolute Gasteiger partial charge is 0.492 e. The zero-order chi connectivity index (χ0) is 12.7. The number of hydrogen-bond donors (Lipinski definition) is 1. The molecule has 0 radical (unpaired) electrons. The van der Waals surface area contributed by atoms with Crippen LogP contribution in [0.5, 0.6) is 5.75 Å². The maximum Gasteiger partial charge on any atom is 0.139 e. The van der Waals surface area contributed by atoms with E-state index in [0.717, 1.165) is 10.9 Å². The minimum absolute atomic E-state index is 0.0472. The average molecular weight is 323 g/mol. The average Bonchev–Trinajstić information content (AvgIpc) is 2.32. The standard InChI is InChI=1S/C12H17BrClNO2/c1-2-16-10(8-15)5-6-17-12-7-9(13)3-4-11(12)14/h3-4,7,10H,2,5-6,8,15H2,1H3. The summed E-state index contributed by atoms with van der Waals surface area (Å²) >= 11 is 9.38. The molecular formula is C12H17BrClNO2. The third kappa shape index (κ3) is 5.25. The summed E-state index contributed by atoms with van der Waals surface area (Å²) in [5, 5.41) is 0.605. The smallest absolute Gasteiger partial charge is 0.139 e. The Morgan fingerprint density at radius 1 is 1.47 bits per heavy atom. The molecule has 2 N–H and O–H groups in total. The molecule has 1 atom stereocenters. The van der Waals surface area contributed by atoms with Crippen LogP contribution < -0.4 is 10.5 Å². The van der Waals surface area contributed by atoms with Gasteiger partial charge in [-0.1, -0.05) is 27.5 Å². The summed E-state index contributed by atoms with van der Waals surface area (Å²) in [6, 6.07) is 5.52. The number of rotatable bonds is 7. The second kappa shape index (κ2) is 7.93. The molecule has 0 spiro atoms. The molecule has 0 aromatic heterocycles. The van der Waals surface area contributed by atoms with Crippen LogP contribution in [0, 0.1) is 0 Å². The van der Waals surface area contributed by atoms with Crippen molar-refractivity contribution in [1.29, 1.82) is 0 Å². The molecule has 0 fully saturated rings. The normalized spacial score (nSPS) is 12.5. The third-order valence-corrected chi connectivity index (χ3v) is 3.06.